The maximum absolute atomic E-state index is 12.0. The monoisotopic (exact) mass is 312 g/mol. The summed E-state index contributed by atoms with van der Waals surface area (Å²) < 4.78 is 32.2. The van der Waals surface area contributed by atoms with Gasteiger partial charge in [0.1, 0.15) is 0 Å². The lowest BCUT2D eigenvalue weighted by Crippen LogP contribution is -2.30. The van der Waals surface area contributed by atoms with Gasteiger partial charge in [-0.05, 0) is 30.5 Å². The minimum Gasteiger partial charge on any atom is -0.399 e. The Hall–Kier alpha value is -1.11. The predicted octanol–water partition coefficient (Wildman–Crippen LogP) is 2.04. The van der Waals surface area contributed by atoms with E-state index in [1.165, 1.54) is 19.3 Å². The lowest BCUT2D eigenvalue weighted by Gasteiger charge is -2.22. The van der Waals surface area contributed by atoms with Gasteiger partial charge in [0, 0.05) is 12.2 Å². The molecule has 0 unspecified atom stereocenters. The molecule has 0 amide bonds. The quantitative estimate of drug-likeness (QED) is 0.596. The summed E-state index contributed by atoms with van der Waals surface area (Å²) in [5.74, 6) is -0.0541. The van der Waals surface area contributed by atoms with Gasteiger partial charge in [-0.15, -0.1) is 0 Å². The van der Waals surface area contributed by atoms with E-state index in [-0.39, 0.29) is 5.75 Å². The highest BCUT2D eigenvalue weighted by molar-refractivity contribution is 7.88. The molecule has 21 heavy (non-hydrogen) atoms. The van der Waals surface area contributed by atoms with E-state index in [1.54, 1.807) is 24.3 Å². The Morgan fingerprint density at radius 2 is 2.00 bits per heavy atom. The molecule has 0 aromatic heterocycles. The van der Waals surface area contributed by atoms with E-state index in [2.05, 4.69) is 4.72 Å². The number of benzene rings is 1. The number of anilines is 1. The topological polar surface area (TPSA) is 81.4 Å². The molecule has 2 rings (SSSR count). The van der Waals surface area contributed by atoms with Crippen molar-refractivity contribution in [2.24, 2.45) is 0 Å². The maximum Gasteiger partial charge on any atom is 0.215 e. The molecule has 3 N–H and O–H groups in total. The van der Waals surface area contributed by atoms with Gasteiger partial charge in [-0.3, -0.25) is 0 Å². The molecule has 0 atom stereocenters. The van der Waals surface area contributed by atoms with Crippen molar-refractivity contribution in [1.29, 1.82) is 0 Å². The van der Waals surface area contributed by atoms with Crippen LogP contribution in [0.25, 0.3) is 0 Å². The second-order valence-electron chi connectivity index (χ2n) is 5.53. The Bertz CT molecular complexity index is 540. The van der Waals surface area contributed by atoms with Crippen LogP contribution >= 0.6 is 0 Å². The van der Waals surface area contributed by atoms with E-state index in [4.69, 9.17) is 10.5 Å². The lowest BCUT2D eigenvalue weighted by molar-refractivity contribution is 0.0321. The minimum atomic E-state index is -3.34. The third kappa shape index (κ3) is 6.03. The average Bonchev–Trinajstić information content (AvgIpc) is 2.44. The van der Waals surface area contributed by atoms with Crippen molar-refractivity contribution in [3.8, 4) is 0 Å². The van der Waals surface area contributed by atoms with E-state index < -0.39 is 10.0 Å². The first kappa shape index (κ1) is 16.3. The first-order chi connectivity index (χ1) is 10.1. The van der Waals surface area contributed by atoms with E-state index in [0.717, 1.165) is 12.8 Å². The summed E-state index contributed by atoms with van der Waals surface area (Å²) >= 11 is 0. The number of nitrogen functional groups attached to an aromatic ring is 1. The van der Waals surface area contributed by atoms with Crippen LogP contribution in [0.2, 0.25) is 0 Å². The van der Waals surface area contributed by atoms with Crippen LogP contribution in [-0.4, -0.2) is 27.7 Å². The zero-order valence-electron chi connectivity index (χ0n) is 12.3. The van der Waals surface area contributed by atoms with Crippen LogP contribution in [0.1, 0.15) is 37.7 Å². The number of hydrogen-bond donors (Lipinski definition) is 2. The fourth-order valence-corrected chi connectivity index (χ4v) is 3.72. The van der Waals surface area contributed by atoms with Gasteiger partial charge in [0.15, 0.2) is 0 Å². The molecule has 1 aromatic rings. The van der Waals surface area contributed by atoms with Gasteiger partial charge in [-0.25, -0.2) is 13.1 Å². The number of ether oxygens (including phenoxy) is 1. The normalized spacial score (nSPS) is 17.0. The summed E-state index contributed by atoms with van der Waals surface area (Å²) in [4.78, 5) is 0. The van der Waals surface area contributed by atoms with Crippen molar-refractivity contribution < 1.29 is 13.2 Å². The number of rotatable bonds is 7. The average molecular weight is 312 g/mol. The van der Waals surface area contributed by atoms with Crippen molar-refractivity contribution in [3.05, 3.63) is 29.8 Å². The van der Waals surface area contributed by atoms with Gasteiger partial charge in [0.2, 0.25) is 10.0 Å². The fraction of sp³-hybridized carbons (Fsp3) is 0.600. The van der Waals surface area contributed by atoms with Gasteiger partial charge in [-0.1, -0.05) is 31.4 Å². The second-order valence-corrected chi connectivity index (χ2v) is 7.34. The predicted molar refractivity (Wildman–Crippen MR) is 84.3 cm³/mol. The van der Waals surface area contributed by atoms with Crippen molar-refractivity contribution in [2.75, 3.05) is 18.9 Å². The Morgan fingerprint density at radius 3 is 2.71 bits per heavy atom. The van der Waals surface area contributed by atoms with Crippen molar-refractivity contribution in [1.82, 2.24) is 4.72 Å². The highest BCUT2D eigenvalue weighted by Crippen LogP contribution is 2.19. The van der Waals surface area contributed by atoms with Crippen LogP contribution in [0.5, 0.6) is 0 Å². The van der Waals surface area contributed by atoms with Crippen molar-refractivity contribution in [2.45, 2.75) is 44.0 Å². The first-order valence-corrected chi connectivity index (χ1v) is 9.14. The number of sulfonamides is 1. The summed E-state index contributed by atoms with van der Waals surface area (Å²) in [6.07, 6.45) is 6.20. The molecule has 6 heteroatoms. The molecule has 0 heterocycles. The molecule has 1 saturated carbocycles. The Kier molecular flexibility index (Phi) is 6.02. The van der Waals surface area contributed by atoms with Gasteiger partial charge < -0.3 is 10.5 Å². The van der Waals surface area contributed by atoms with Crippen LogP contribution in [0.4, 0.5) is 5.69 Å². The molecule has 1 aliphatic rings. The summed E-state index contributed by atoms with van der Waals surface area (Å²) in [6, 6.07) is 6.93. The van der Waals surface area contributed by atoms with Gasteiger partial charge in [0.25, 0.3) is 0 Å². The summed E-state index contributed by atoms with van der Waals surface area (Å²) in [5.41, 5.74) is 6.91. The molecule has 1 aliphatic carbocycles. The molecular weight excluding hydrogens is 288 g/mol. The zero-order chi connectivity index (χ0) is 15.1. The smallest absolute Gasteiger partial charge is 0.215 e. The number of nitrogens with one attached hydrogen (secondary N) is 1. The minimum absolute atomic E-state index is 0.0541. The summed E-state index contributed by atoms with van der Waals surface area (Å²) in [6.45, 7) is 0.752. The fourth-order valence-electron chi connectivity index (χ4n) is 2.61. The van der Waals surface area contributed by atoms with E-state index in [0.29, 0.717) is 30.5 Å². The van der Waals surface area contributed by atoms with Crippen LogP contribution in [-0.2, 0) is 20.5 Å². The van der Waals surface area contributed by atoms with Gasteiger partial charge in [0.05, 0.1) is 18.5 Å². The molecule has 1 fully saturated rings. The molecule has 118 valence electrons. The largest absolute Gasteiger partial charge is 0.399 e. The van der Waals surface area contributed by atoms with Gasteiger partial charge >= 0.3 is 0 Å². The SMILES string of the molecule is Nc1cccc(CS(=O)(=O)NCCOC2CCCCC2)c1. The number of nitrogens with two attached hydrogens (primary N) is 1. The second kappa shape index (κ2) is 7.77. The number of hydrogen-bond acceptors (Lipinski definition) is 4. The molecule has 1 aromatic carbocycles. The lowest BCUT2D eigenvalue weighted by atomic mass is 9.98. The van der Waals surface area contributed by atoms with Crippen LogP contribution < -0.4 is 10.5 Å². The summed E-state index contributed by atoms with van der Waals surface area (Å²) in [5, 5.41) is 0. The van der Waals surface area contributed by atoms with E-state index >= 15 is 0 Å². The van der Waals surface area contributed by atoms with Gasteiger partial charge in [-0.2, -0.15) is 0 Å². The molecule has 5 nitrogen and oxygen atoms in total. The summed E-state index contributed by atoms with van der Waals surface area (Å²) in [7, 11) is -3.34. The highest BCUT2D eigenvalue weighted by atomic mass is 32.2. The molecule has 0 bridgehead atoms. The molecule has 0 radical (unpaired) electrons. The Balaban J connectivity index is 1.71. The molecule has 0 aliphatic heterocycles. The maximum atomic E-state index is 12.0. The third-order valence-electron chi connectivity index (χ3n) is 3.64. The first-order valence-electron chi connectivity index (χ1n) is 7.48. The Labute approximate surface area is 126 Å². The Morgan fingerprint density at radius 1 is 1.24 bits per heavy atom. The van der Waals surface area contributed by atoms with Crippen molar-refractivity contribution in [3.63, 3.8) is 0 Å². The van der Waals surface area contributed by atoms with Crippen LogP contribution in [0, 0.1) is 0 Å². The zero-order valence-corrected chi connectivity index (χ0v) is 13.1. The van der Waals surface area contributed by atoms with Crippen molar-refractivity contribution >= 4 is 15.7 Å². The third-order valence-corrected chi connectivity index (χ3v) is 4.99. The molecule has 0 saturated heterocycles. The van der Waals surface area contributed by atoms with E-state index in [9.17, 15) is 8.42 Å². The molecule has 0 spiro atoms. The standard InChI is InChI=1S/C15H24N2O3S/c16-14-6-4-5-13(11-14)12-21(18,19)17-9-10-20-15-7-2-1-3-8-15/h4-6,11,15,17H,1-3,7-10,12,16H2. The highest BCUT2D eigenvalue weighted by Gasteiger charge is 2.15. The van der Waals surface area contributed by atoms with E-state index in [1.807, 2.05) is 0 Å². The van der Waals surface area contributed by atoms with Crippen LogP contribution in [0.15, 0.2) is 24.3 Å². The van der Waals surface area contributed by atoms with Crippen LogP contribution in [0.3, 0.4) is 0 Å². The molecular formula is C15H24N2O3S.